The third kappa shape index (κ3) is 3.78. The molecule has 2 fully saturated rings. The molecule has 1 aromatic carbocycles. The smallest absolute Gasteiger partial charge is 0.251 e. The highest BCUT2D eigenvalue weighted by molar-refractivity contribution is 5.98. The molecule has 3 atom stereocenters. The number of nitrogens with one attached hydrogen (secondary N) is 2. The third-order valence-corrected chi connectivity index (χ3v) is 5.35. The summed E-state index contributed by atoms with van der Waals surface area (Å²) in [6.07, 6.45) is 3.26. The summed E-state index contributed by atoms with van der Waals surface area (Å²) >= 11 is 0. The van der Waals surface area contributed by atoms with Crippen LogP contribution in [-0.2, 0) is 9.53 Å². The summed E-state index contributed by atoms with van der Waals surface area (Å²) in [5.74, 6) is 0.999. The lowest BCUT2D eigenvalue weighted by molar-refractivity contribution is -0.117. The monoisotopic (exact) mass is 330 g/mol. The van der Waals surface area contributed by atoms with Crippen molar-refractivity contribution in [3.63, 3.8) is 0 Å². The zero-order chi connectivity index (χ0) is 17.3. The average molecular weight is 330 g/mol. The summed E-state index contributed by atoms with van der Waals surface area (Å²) in [6.45, 7) is 4.60. The number of hydrogen-bond donors (Lipinski definition) is 2. The lowest BCUT2D eigenvalue weighted by atomic mass is 10.00. The minimum atomic E-state index is -0.302. The van der Waals surface area contributed by atoms with Crippen LogP contribution in [0.5, 0.6) is 0 Å². The number of hydrogen-bond acceptors (Lipinski definition) is 3. The Bertz CT molecular complexity index is 641. The van der Waals surface area contributed by atoms with Crippen molar-refractivity contribution in [2.75, 3.05) is 19.0 Å². The number of methoxy groups -OCH3 is 1. The van der Waals surface area contributed by atoms with Crippen LogP contribution in [0.4, 0.5) is 5.69 Å². The van der Waals surface area contributed by atoms with E-state index in [0.717, 1.165) is 19.3 Å². The summed E-state index contributed by atoms with van der Waals surface area (Å²) in [5.41, 5.74) is 0.915. The molecule has 0 spiro atoms. The molecule has 2 N–H and O–H groups in total. The number of rotatable bonds is 7. The lowest BCUT2D eigenvalue weighted by Gasteiger charge is -2.28. The van der Waals surface area contributed by atoms with Crippen molar-refractivity contribution < 1.29 is 14.3 Å². The molecule has 2 amide bonds. The van der Waals surface area contributed by atoms with Gasteiger partial charge in [0.15, 0.2) is 0 Å². The Morgan fingerprint density at radius 1 is 1.33 bits per heavy atom. The van der Waals surface area contributed by atoms with E-state index in [4.69, 9.17) is 4.74 Å². The zero-order valence-electron chi connectivity index (χ0n) is 14.6. The van der Waals surface area contributed by atoms with Gasteiger partial charge in [-0.2, -0.15) is 0 Å². The second-order valence-corrected chi connectivity index (χ2v) is 7.36. The fourth-order valence-electron chi connectivity index (χ4n) is 3.10. The topological polar surface area (TPSA) is 67.4 Å². The standard InChI is InChI=1S/C19H26N2O3/c1-12-9-16(12)18(23)21-15-6-4-5-13(10-15)17(22)20-11-19(2,24-3)14-7-8-14/h4-6,10,12,14,16H,7-9,11H2,1-3H3,(H,20,22)(H,21,23)/t12-,16+,19+/m0/s1. The molecule has 5 heteroatoms. The molecule has 0 bridgehead atoms. The van der Waals surface area contributed by atoms with Gasteiger partial charge in [-0.25, -0.2) is 0 Å². The molecule has 0 saturated heterocycles. The maximum Gasteiger partial charge on any atom is 0.251 e. The quantitative estimate of drug-likeness (QED) is 0.808. The average Bonchev–Trinajstić information content (AvgIpc) is 3.47. The first-order valence-corrected chi connectivity index (χ1v) is 8.67. The van der Waals surface area contributed by atoms with Crippen LogP contribution in [-0.4, -0.2) is 31.1 Å². The van der Waals surface area contributed by atoms with Gasteiger partial charge in [0.2, 0.25) is 5.91 Å². The Balaban J connectivity index is 1.58. The van der Waals surface area contributed by atoms with Crippen LogP contribution in [0.25, 0.3) is 0 Å². The Hall–Kier alpha value is -1.88. The van der Waals surface area contributed by atoms with Crippen molar-refractivity contribution in [1.82, 2.24) is 5.32 Å². The fraction of sp³-hybridized carbons (Fsp3) is 0.579. The van der Waals surface area contributed by atoms with Gasteiger partial charge in [-0.05, 0) is 56.2 Å². The van der Waals surface area contributed by atoms with Gasteiger partial charge >= 0.3 is 0 Å². The number of ether oxygens (including phenoxy) is 1. The number of carbonyl (C=O) groups excluding carboxylic acids is 2. The lowest BCUT2D eigenvalue weighted by Crippen LogP contribution is -2.43. The molecule has 0 heterocycles. The molecule has 0 aromatic heterocycles. The van der Waals surface area contributed by atoms with E-state index in [-0.39, 0.29) is 23.3 Å². The van der Waals surface area contributed by atoms with Gasteiger partial charge in [0.1, 0.15) is 0 Å². The Kier molecular flexibility index (Phi) is 4.63. The molecular formula is C19H26N2O3. The van der Waals surface area contributed by atoms with E-state index in [0.29, 0.717) is 29.6 Å². The number of benzene rings is 1. The van der Waals surface area contributed by atoms with E-state index < -0.39 is 0 Å². The predicted octanol–water partition coefficient (Wildman–Crippen LogP) is 2.83. The van der Waals surface area contributed by atoms with E-state index in [2.05, 4.69) is 17.6 Å². The minimum absolute atomic E-state index is 0.0424. The highest BCUT2D eigenvalue weighted by atomic mass is 16.5. The molecule has 24 heavy (non-hydrogen) atoms. The summed E-state index contributed by atoms with van der Waals surface area (Å²) in [5, 5.41) is 5.86. The first-order chi connectivity index (χ1) is 11.4. The Morgan fingerprint density at radius 3 is 2.62 bits per heavy atom. The number of amides is 2. The van der Waals surface area contributed by atoms with Gasteiger partial charge in [-0.3, -0.25) is 9.59 Å². The molecule has 2 aliphatic rings. The molecule has 3 rings (SSSR count). The van der Waals surface area contributed by atoms with Gasteiger partial charge in [-0.1, -0.05) is 13.0 Å². The van der Waals surface area contributed by atoms with Crippen LogP contribution < -0.4 is 10.6 Å². The Morgan fingerprint density at radius 2 is 2.04 bits per heavy atom. The Labute approximate surface area is 143 Å². The fourth-order valence-corrected chi connectivity index (χ4v) is 3.10. The van der Waals surface area contributed by atoms with E-state index >= 15 is 0 Å². The second-order valence-electron chi connectivity index (χ2n) is 7.36. The van der Waals surface area contributed by atoms with Gasteiger partial charge in [0.25, 0.3) is 5.91 Å². The van der Waals surface area contributed by atoms with E-state index in [1.165, 1.54) is 0 Å². The molecule has 1 aromatic rings. The van der Waals surface area contributed by atoms with Crippen molar-refractivity contribution >= 4 is 17.5 Å². The summed E-state index contributed by atoms with van der Waals surface area (Å²) in [6, 6.07) is 7.08. The maximum atomic E-state index is 12.4. The molecule has 0 unspecified atom stereocenters. The first kappa shape index (κ1) is 17.0. The van der Waals surface area contributed by atoms with Gasteiger partial charge in [0.05, 0.1) is 5.60 Å². The van der Waals surface area contributed by atoms with Crippen molar-refractivity contribution in [3.8, 4) is 0 Å². The molecular weight excluding hydrogens is 304 g/mol. The van der Waals surface area contributed by atoms with Crippen LogP contribution in [0.15, 0.2) is 24.3 Å². The molecule has 2 saturated carbocycles. The van der Waals surface area contributed by atoms with Crippen molar-refractivity contribution in [1.29, 1.82) is 0 Å². The van der Waals surface area contributed by atoms with Crippen LogP contribution in [0.2, 0.25) is 0 Å². The van der Waals surface area contributed by atoms with Crippen molar-refractivity contribution in [2.45, 2.75) is 38.7 Å². The highest BCUT2D eigenvalue weighted by Crippen LogP contribution is 2.41. The predicted molar refractivity (Wildman–Crippen MR) is 92.8 cm³/mol. The van der Waals surface area contributed by atoms with Gasteiger partial charge in [-0.15, -0.1) is 0 Å². The molecule has 0 radical (unpaired) electrons. The van der Waals surface area contributed by atoms with Gasteiger partial charge in [0, 0.05) is 30.8 Å². The van der Waals surface area contributed by atoms with Crippen LogP contribution in [0, 0.1) is 17.8 Å². The maximum absolute atomic E-state index is 12.4. The highest BCUT2D eigenvalue weighted by Gasteiger charge is 2.42. The van der Waals surface area contributed by atoms with E-state index in [9.17, 15) is 9.59 Å². The zero-order valence-corrected chi connectivity index (χ0v) is 14.6. The third-order valence-electron chi connectivity index (χ3n) is 5.35. The summed E-state index contributed by atoms with van der Waals surface area (Å²) < 4.78 is 5.60. The van der Waals surface area contributed by atoms with Crippen molar-refractivity contribution in [3.05, 3.63) is 29.8 Å². The first-order valence-electron chi connectivity index (χ1n) is 8.67. The van der Waals surface area contributed by atoms with Crippen LogP contribution >= 0.6 is 0 Å². The SMILES string of the molecule is CO[C@](C)(CNC(=O)c1cccc(NC(=O)[C@@H]2C[C@@H]2C)c1)C1CC1. The number of carbonyl (C=O) groups is 2. The second kappa shape index (κ2) is 6.55. The molecule has 2 aliphatic carbocycles. The normalized spacial score (nSPS) is 24.8. The number of anilines is 1. The molecule has 0 aliphatic heterocycles. The summed E-state index contributed by atoms with van der Waals surface area (Å²) in [4.78, 5) is 24.4. The summed E-state index contributed by atoms with van der Waals surface area (Å²) in [7, 11) is 1.69. The van der Waals surface area contributed by atoms with E-state index in [1.54, 1.807) is 25.3 Å². The van der Waals surface area contributed by atoms with Crippen molar-refractivity contribution in [2.24, 2.45) is 17.8 Å². The van der Waals surface area contributed by atoms with Gasteiger partial charge < -0.3 is 15.4 Å². The van der Waals surface area contributed by atoms with Crippen LogP contribution in [0.1, 0.15) is 43.5 Å². The molecule has 130 valence electrons. The van der Waals surface area contributed by atoms with E-state index in [1.807, 2.05) is 13.0 Å². The van der Waals surface area contributed by atoms with Crippen LogP contribution in [0.3, 0.4) is 0 Å². The molecule has 5 nitrogen and oxygen atoms in total. The largest absolute Gasteiger partial charge is 0.376 e. The minimum Gasteiger partial charge on any atom is -0.376 e.